The molecule has 0 aliphatic rings. The maximum atomic E-state index is 5.45. The lowest BCUT2D eigenvalue weighted by Gasteiger charge is -2.21. The number of fused-ring (bicyclic) bond motifs is 8. The maximum Gasteiger partial charge on any atom is 0.164 e. The molecule has 0 bridgehead atoms. The van der Waals surface area contributed by atoms with Crippen molar-refractivity contribution in [2.45, 2.75) is 0 Å². The zero-order chi connectivity index (χ0) is 46.1. The summed E-state index contributed by atoms with van der Waals surface area (Å²) in [6.07, 6.45) is 0. The molecule has 0 unspecified atom stereocenters. The Kier molecular flexibility index (Phi) is 9.36. The maximum absolute atomic E-state index is 5.45. The van der Waals surface area contributed by atoms with Gasteiger partial charge in [0, 0.05) is 58.8 Å². The lowest BCUT2D eigenvalue weighted by Crippen LogP contribution is -2.04. The predicted octanol–water partition coefficient (Wildman–Crippen LogP) is 17.6. The SMILES string of the molecule is c1ccc(-c2cccc(-c3nc(-c4cc(-c5ccccc5)c(-n5c6cc7ccccc7cc6c6cc7ccccc7cc65)c(-c5ccccc5)c4)nc(-c4ccc5c(c4)sc4ccccc45)n3)c2)cc1. The van der Waals surface area contributed by atoms with Gasteiger partial charge in [0.15, 0.2) is 17.5 Å². The fourth-order valence-corrected chi connectivity index (χ4v) is 11.6. The smallest absolute Gasteiger partial charge is 0.164 e. The zero-order valence-electron chi connectivity index (χ0n) is 37.8. The molecule has 0 radical (unpaired) electrons. The van der Waals surface area contributed by atoms with Crippen molar-refractivity contribution in [3.05, 3.63) is 243 Å². The van der Waals surface area contributed by atoms with Gasteiger partial charge in [0.25, 0.3) is 0 Å². The van der Waals surface area contributed by atoms with Crippen molar-refractivity contribution in [1.29, 1.82) is 0 Å². The van der Waals surface area contributed by atoms with Crippen LogP contribution in [0.4, 0.5) is 0 Å². The molecule has 0 amide bonds. The zero-order valence-corrected chi connectivity index (χ0v) is 38.6. The first-order chi connectivity index (χ1) is 34.7. The highest BCUT2D eigenvalue weighted by molar-refractivity contribution is 7.25. The third-order valence-corrected chi connectivity index (χ3v) is 14.9. The van der Waals surface area contributed by atoms with Gasteiger partial charge in [-0.2, -0.15) is 0 Å². The van der Waals surface area contributed by atoms with Crippen LogP contribution in [0.1, 0.15) is 0 Å². The molecular weight excluding hydrogens is 869 g/mol. The molecule has 5 heteroatoms. The van der Waals surface area contributed by atoms with Crippen LogP contribution < -0.4 is 0 Å². The average Bonchev–Trinajstić information content (AvgIpc) is 3.96. The normalized spacial score (nSPS) is 11.7. The van der Waals surface area contributed by atoms with E-state index < -0.39 is 0 Å². The second kappa shape index (κ2) is 16.3. The van der Waals surface area contributed by atoms with E-state index in [9.17, 15) is 0 Å². The highest BCUT2D eigenvalue weighted by Crippen LogP contribution is 2.46. The van der Waals surface area contributed by atoms with Crippen LogP contribution in [0.3, 0.4) is 0 Å². The fourth-order valence-electron chi connectivity index (χ4n) is 10.4. The van der Waals surface area contributed by atoms with E-state index in [1.807, 2.05) is 0 Å². The third kappa shape index (κ3) is 6.78. The molecule has 14 rings (SSSR count). The van der Waals surface area contributed by atoms with Crippen molar-refractivity contribution < 1.29 is 0 Å². The lowest BCUT2D eigenvalue weighted by atomic mass is 9.92. The van der Waals surface area contributed by atoms with Gasteiger partial charge >= 0.3 is 0 Å². The van der Waals surface area contributed by atoms with E-state index in [0.717, 1.165) is 66.8 Å². The van der Waals surface area contributed by atoms with Gasteiger partial charge in [-0.1, -0.05) is 188 Å². The number of rotatable bonds is 7. The van der Waals surface area contributed by atoms with Gasteiger partial charge in [0.2, 0.25) is 0 Å². The molecular formula is C65H40N4S. The quantitative estimate of drug-likeness (QED) is 0.160. The summed E-state index contributed by atoms with van der Waals surface area (Å²) >= 11 is 1.80. The average molecular weight is 909 g/mol. The second-order valence-corrected chi connectivity index (χ2v) is 19.1. The number of aromatic nitrogens is 4. The molecule has 0 aliphatic heterocycles. The summed E-state index contributed by atoms with van der Waals surface area (Å²) in [5.41, 5.74) is 12.7. The van der Waals surface area contributed by atoms with Crippen LogP contribution in [0.25, 0.3) is 137 Å². The van der Waals surface area contributed by atoms with E-state index in [-0.39, 0.29) is 0 Å². The van der Waals surface area contributed by atoms with Gasteiger partial charge in [-0.25, -0.2) is 15.0 Å². The Hall–Kier alpha value is -9.03. The Morgan fingerprint density at radius 1 is 0.271 bits per heavy atom. The summed E-state index contributed by atoms with van der Waals surface area (Å²) in [5.74, 6) is 1.83. The van der Waals surface area contributed by atoms with E-state index in [4.69, 9.17) is 15.0 Å². The molecule has 0 spiro atoms. The fraction of sp³-hybridized carbons (Fsp3) is 0. The highest BCUT2D eigenvalue weighted by Gasteiger charge is 2.24. The molecule has 70 heavy (non-hydrogen) atoms. The summed E-state index contributed by atoms with van der Waals surface area (Å²) in [4.78, 5) is 16.2. The first-order valence-corrected chi connectivity index (χ1v) is 24.5. The van der Waals surface area contributed by atoms with Gasteiger partial charge in [0.05, 0.1) is 16.7 Å². The van der Waals surface area contributed by atoms with E-state index in [0.29, 0.717) is 17.5 Å². The van der Waals surface area contributed by atoms with Crippen LogP contribution in [0.2, 0.25) is 0 Å². The van der Waals surface area contributed by atoms with Crippen LogP contribution in [0, 0.1) is 0 Å². The number of hydrogen-bond acceptors (Lipinski definition) is 4. The van der Waals surface area contributed by atoms with Gasteiger partial charge < -0.3 is 4.57 Å². The molecule has 11 aromatic carbocycles. The molecule has 14 aromatic rings. The predicted molar refractivity (Wildman–Crippen MR) is 295 cm³/mol. The summed E-state index contributed by atoms with van der Waals surface area (Å²) in [6, 6.07) is 87.3. The number of hydrogen-bond donors (Lipinski definition) is 0. The van der Waals surface area contributed by atoms with Crippen molar-refractivity contribution >= 4 is 74.9 Å². The number of thiophene rings is 1. The van der Waals surface area contributed by atoms with Crippen molar-refractivity contribution in [3.8, 4) is 73.2 Å². The minimum absolute atomic E-state index is 0.599. The Morgan fingerprint density at radius 2 is 0.714 bits per heavy atom. The third-order valence-electron chi connectivity index (χ3n) is 13.8. The molecule has 0 aliphatic carbocycles. The number of benzene rings is 11. The minimum Gasteiger partial charge on any atom is -0.308 e. The Morgan fingerprint density at radius 3 is 1.30 bits per heavy atom. The number of nitrogens with zero attached hydrogens (tertiary/aromatic N) is 4. The van der Waals surface area contributed by atoms with E-state index in [1.54, 1.807) is 11.3 Å². The van der Waals surface area contributed by atoms with Crippen LogP contribution in [0.5, 0.6) is 0 Å². The lowest BCUT2D eigenvalue weighted by molar-refractivity contribution is 1.07. The standard InChI is InChI=1S/C65H40N4S/c1-4-17-41(18-5-1)44-27-16-28-49(33-44)63-66-64(50-31-32-53-52-29-14-15-30-60(52)70-61(53)40-50)68-65(67-63)51-36-54(42-19-6-2-7-20-42)62(55(37-51)43-21-8-3-9-22-43)69-58-38-47-25-12-10-23-45(47)34-56(58)57-35-46-24-11-13-26-48(46)39-59(57)69/h1-40H. The van der Waals surface area contributed by atoms with Crippen molar-refractivity contribution in [2.24, 2.45) is 0 Å². The summed E-state index contributed by atoms with van der Waals surface area (Å²) < 4.78 is 4.97. The molecule has 0 saturated carbocycles. The molecule has 0 saturated heterocycles. The van der Waals surface area contributed by atoms with Crippen molar-refractivity contribution in [1.82, 2.24) is 19.5 Å². The van der Waals surface area contributed by atoms with Gasteiger partial charge in [-0.15, -0.1) is 11.3 Å². The van der Waals surface area contributed by atoms with E-state index in [1.165, 1.54) is 52.5 Å². The monoisotopic (exact) mass is 908 g/mol. The molecule has 3 aromatic heterocycles. The first-order valence-electron chi connectivity index (χ1n) is 23.7. The van der Waals surface area contributed by atoms with Crippen LogP contribution in [-0.4, -0.2) is 19.5 Å². The van der Waals surface area contributed by atoms with Crippen LogP contribution >= 0.6 is 11.3 Å². The topological polar surface area (TPSA) is 43.6 Å². The minimum atomic E-state index is 0.599. The molecule has 0 fully saturated rings. The Bertz CT molecular complexity index is 4190. The van der Waals surface area contributed by atoms with Gasteiger partial charge in [-0.05, 0) is 98.4 Å². The van der Waals surface area contributed by atoms with Crippen molar-refractivity contribution in [2.75, 3.05) is 0 Å². The second-order valence-electron chi connectivity index (χ2n) is 18.0. The van der Waals surface area contributed by atoms with E-state index in [2.05, 4.69) is 247 Å². The molecule has 4 nitrogen and oxygen atoms in total. The van der Waals surface area contributed by atoms with Gasteiger partial charge in [0.1, 0.15) is 0 Å². The van der Waals surface area contributed by atoms with Crippen LogP contribution in [0.15, 0.2) is 243 Å². The molecule has 326 valence electrons. The summed E-state index contributed by atoms with van der Waals surface area (Å²) in [6.45, 7) is 0. The highest BCUT2D eigenvalue weighted by atomic mass is 32.1. The van der Waals surface area contributed by atoms with Crippen LogP contribution in [-0.2, 0) is 0 Å². The molecule has 0 atom stereocenters. The summed E-state index contributed by atoms with van der Waals surface area (Å²) in [5, 5.41) is 9.73. The largest absolute Gasteiger partial charge is 0.308 e. The first kappa shape index (κ1) is 40.1. The molecule has 3 heterocycles. The Balaban J connectivity index is 1.07. The molecule has 0 N–H and O–H groups in total. The van der Waals surface area contributed by atoms with Crippen molar-refractivity contribution in [3.63, 3.8) is 0 Å². The van der Waals surface area contributed by atoms with Gasteiger partial charge in [-0.3, -0.25) is 0 Å². The Labute approximate surface area is 408 Å². The summed E-state index contributed by atoms with van der Waals surface area (Å²) in [7, 11) is 0. The van der Waals surface area contributed by atoms with E-state index >= 15 is 0 Å².